The van der Waals surface area contributed by atoms with Crippen LogP contribution >= 0.6 is 0 Å². The highest BCUT2D eigenvalue weighted by Gasteiger charge is 2.61. The number of hydrogen-bond acceptors (Lipinski definition) is 8. The molecule has 3 heterocycles. The fraction of sp³-hybridized carbons (Fsp3) is 0.458. The van der Waals surface area contributed by atoms with E-state index < -0.39 is 42.0 Å². The molecule has 5 rings (SSSR count). The van der Waals surface area contributed by atoms with E-state index in [0.717, 1.165) is 32.7 Å². The van der Waals surface area contributed by atoms with Crippen molar-refractivity contribution < 1.29 is 24.3 Å². The molecule has 0 unspecified atom stereocenters. The minimum absolute atomic E-state index is 0.379. The molecule has 2 fully saturated rings. The second-order valence-electron chi connectivity index (χ2n) is 9.11. The lowest BCUT2D eigenvalue weighted by Gasteiger charge is -2.39. The summed E-state index contributed by atoms with van der Waals surface area (Å²) in [7, 11) is 0. The number of benzene rings is 2. The SMILES string of the molecule is O=C1N(CN2CCN(Cc3ccccc3)CC2)c2ccccc2C12OCC(CO)([N+](=O)[O-])CO2. The van der Waals surface area contributed by atoms with Crippen LogP contribution in [-0.4, -0.2) is 83.9 Å². The van der Waals surface area contributed by atoms with Crippen LogP contribution in [0, 0.1) is 10.1 Å². The van der Waals surface area contributed by atoms with Gasteiger partial charge in [-0.25, -0.2) is 0 Å². The number of amides is 1. The first kappa shape index (κ1) is 22.9. The summed E-state index contributed by atoms with van der Waals surface area (Å²) in [5.74, 6) is -2.12. The van der Waals surface area contributed by atoms with Crippen LogP contribution in [0.1, 0.15) is 11.1 Å². The molecular formula is C24H28N4O6. The van der Waals surface area contributed by atoms with E-state index in [0.29, 0.717) is 17.9 Å². The molecule has 0 aromatic heterocycles. The number of carbonyl (C=O) groups is 1. The van der Waals surface area contributed by atoms with Gasteiger partial charge < -0.3 is 14.6 Å². The molecule has 0 radical (unpaired) electrons. The van der Waals surface area contributed by atoms with Crippen LogP contribution in [-0.2, 0) is 26.6 Å². The number of para-hydroxylation sites is 1. The Kier molecular flexibility index (Phi) is 6.09. The molecule has 3 aliphatic heterocycles. The smallest absolute Gasteiger partial charge is 0.293 e. The number of hydrogen-bond donors (Lipinski definition) is 1. The topological polar surface area (TPSA) is 109 Å². The van der Waals surface area contributed by atoms with Gasteiger partial charge in [0.1, 0.15) is 19.8 Å². The standard InChI is InChI=1S/C24H28N4O6/c29-15-23(28(31)32)16-33-24(34-17-23)20-8-4-5-9-21(20)27(22(24)30)18-26-12-10-25(11-13-26)14-19-6-2-1-3-7-19/h1-9,29H,10-18H2. The normalized spacial score (nSPS) is 27.8. The predicted molar refractivity (Wildman–Crippen MR) is 122 cm³/mol. The van der Waals surface area contributed by atoms with Gasteiger partial charge in [-0.15, -0.1) is 0 Å². The molecule has 0 saturated carbocycles. The van der Waals surface area contributed by atoms with Crippen LogP contribution in [0.25, 0.3) is 0 Å². The summed E-state index contributed by atoms with van der Waals surface area (Å²) in [6, 6.07) is 17.6. The van der Waals surface area contributed by atoms with Crippen LogP contribution < -0.4 is 4.90 Å². The summed E-state index contributed by atoms with van der Waals surface area (Å²) in [5, 5.41) is 21.1. The van der Waals surface area contributed by atoms with Crippen molar-refractivity contribution in [2.24, 2.45) is 0 Å². The van der Waals surface area contributed by atoms with Crippen molar-refractivity contribution in [1.82, 2.24) is 9.80 Å². The van der Waals surface area contributed by atoms with Gasteiger partial charge in [-0.3, -0.25) is 29.6 Å². The molecule has 10 nitrogen and oxygen atoms in total. The highest BCUT2D eigenvalue weighted by Crippen LogP contribution is 2.46. The number of aliphatic hydroxyl groups is 1. The number of rotatable bonds is 6. The van der Waals surface area contributed by atoms with E-state index in [4.69, 9.17) is 9.47 Å². The Morgan fingerprint density at radius 3 is 2.21 bits per heavy atom. The van der Waals surface area contributed by atoms with Gasteiger partial charge in [-0.1, -0.05) is 48.5 Å². The summed E-state index contributed by atoms with van der Waals surface area (Å²) >= 11 is 0. The largest absolute Gasteiger partial charge is 0.389 e. The van der Waals surface area contributed by atoms with Gasteiger partial charge in [0.2, 0.25) is 0 Å². The molecule has 0 atom stereocenters. The van der Waals surface area contributed by atoms with E-state index in [1.165, 1.54) is 5.56 Å². The summed E-state index contributed by atoms with van der Waals surface area (Å²) in [6.45, 7) is 3.11. The Balaban J connectivity index is 1.28. The van der Waals surface area contributed by atoms with E-state index in [1.54, 1.807) is 17.0 Å². The predicted octanol–water partition coefficient (Wildman–Crippen LogP) is 1.02. The molecule has 2 saturated heterocycles. The lowest BCUT2D eigenvalue weighted by Crippen LogP contribution is -2.61. The minimum atomic E-state index is -1.77. The number of nitrogens with zero attached hydrogens (tertiary/aromatic N) is 4. The van der Waals surface area contributed by atoms with Crippen molar-refractivity contribution in [3.8, 4) is 0 Å². The third-order valence-electron chi connectivity index (χ3n) is 6.90. The van der Waals surface area contributed by atoms with E-state index in [-0.39, 0.29) is 0 Å². The molecule has 2 aromatic carbocycles. The number of piperazine rings is 1. The fourth-order valence-electron chi connectivity index (χ4n) is 4.75. The highest BCUT2D eigenvalue weighted by atomic mass is 16.7. The lowest BCUT2D eigenvalue weighted by atomic mass is 10.00. The Labute approximate surface area is 197 Å². The number of anilines is 1. The Morgan fingerprint density at radius 2 is 1.56 bits per heavy atom. The van der Waals surface area contributed by atoms with Crippen molar-refractivity contribution in [2.45, 2.75) is 17.9 Å². The van der Waals surface area contributed by atoms with Crippen molar-refractivity contribution in [3.63, 3.8) is 0 Å². The molecule has 1 spiro atoms. The van der Waals surface area contributed by atoms with Crippen LogP contribution in [0.5, 0.6) is 0 Å². The van der Waals surface area contributed by atoms with Crippen LogP contribution in [0.2, 0.25) is 0 Å². The van der Waals surface area contributed by atoms with E-state index in [1.807, 2.05) is 30.3 Å². The second-order valence-corrected chi connectivity index (χ2v) is 9.11. The first-order valence-corrected chi connectivity index (χ1v) is 11.4. The summed E-state index contributed by atoms with van der Waals surface area (Å²) in [6.07, 6.45) is 0. The highest BCUT2D eigenvalue weighted by molar-refractivity contribution is 6.06. The van der Waals surface area contributed by atoms with Crippen LogP contribution in [0.4, 0.5) is 5.69 Å². The third kappa shape index (κ3) is 3.87. The number of fused-ring (bicyclic) bond motifs is 2. The maximum atomic E-state index is 13.6. The molecule has 1 N–H and O–H groups in total. The zero-order valence-electron chi connectivity index (χ0n) is 18.8. The number of aliphatic hydroxyl groups excluding tert-OH is 1. The van der Waals surface area contributed by atoms with Gasteiger partial charge in [-0.2, -0.15) is 0 Å². The Morgan fingerprint density at radius 1 is 0.941 bits per heavy atom. The first-order valence-electron chi connectivity index (χ1n) is 11.4. The Bertz CT molecular complexity index is 1050. The van der Waals surface area contributed by atoms with Crippen molar-refractivity contribution in [1.29, 1.82) is 0 Å². The zero-order valence-corrected chi connectivity index (χ0v) is 18.8. The second kappa shape index (κ2) is 9.05. The molecular weight excluding hydrogens is 440 g/mol. The van der Waals surface area contributed by atoms with Gasteiger partial charge in [0.15, 0.2) is 0 Å². The average Bonchev–Trinajstić information content (AvgIpc) is 3.09. The van der Waals surface area contributed by atoms with Crippen molar-refractivity contribution >= 4 is 11.6 Å². The molecule has 180 valence electrons. The van der Waals surface area contributed by atoms with Gasteiger partial charge in [0.05, 0.1) is 12.4 Å². The third-order valence-corrected chi connectivity index (χ3v) is 6.90. The molecule has 0 bridgehead atoms. The van der Waals surface area contributed by atoms with Crippen LogP contribution in [0.3, 0.4) is 0 Å². The number of nitro groups is 1. The monoisotopic (exact) mass is 468 g/mol. The quantitative estimate of drug-likeness (QED) is 0.495. The van der Waals surface area contributed by atoms with E-state index in [2.05, 4.69) is 21.9 Å². The molecule has 3 aliphatic rings. The molecule has 1 amide bonds. The maximum absolute atomic E-state index is 13.6. The number of carbonyl (C=O) groups excluding carboxylic acids is 1. The average molecular weight is 469 g/mol. The Hall–Kier alpha value is -2.89. The zero-order chi connectivity index (χ0) is 23.8. The fourth-order valence-corrected chi connectivity index (χ4v) is 4.75. The summed E-state index contributed by atoms with van der Waals surface area (Å²) in [4.78, 5) is 30.7. The summed E-state index contributed by atoms with van der Waals surface area (Å²) in [5.41, 5.74) is 0.722. The van der Waals surface area contributed by atoms with E-state index >= 15 is 0 Å². The van der Waals surface area contributed by atoms with Gasteiger partial charge in [0.25, 0.3) is 17.2 Å². The molecule has 10 heteroatoms. The molecule has 0 aliphatic carbocycles. The molecule has 34 heavy (non-hydrogen) atoms. The van der Waals surface area contributed by atoms with Gasteiger partial charge in [-0.05, 0) is 11.6 Å². The van der Waals surface area contributed by atoms with Gasteiger partial charge >= 0.3 is 0 Å². The minimum Gasteiger partial charge on any atom is -0.389 e. The first-order chi connectivity index (χ1) is 16.5. The number of ether oxygens (including phenoxy) is 2. The van der Waals surface area contributed by atoms with Gasteiger partial charge in [0, 0.05) is 43.2 Å². The lowest BCUT2D eigenvalue weighted by molar-refractivity contribution is -0.598. The van der Waals surface area contributed by atoms with Crippen molar-refractivity contribution in [3.05, 3.63) is 75.8 Å². The summed E-state index contributed by atoms with van der Waals surface area (Å²) < 4.78 is 11.6. The van der Waals surface area contributed by atoms with E-state index in [9.17, 15) is 20.0 Å². The maximum Gasteiger partial charge on any atom is 0.293 e. The molecule has 2 aromatic rings. The van der Waals surface area contributed by atoms with Crippen LogP contribution in [0.15, 0.2) is 54.6 Å². The van der Waals surface area contributed by atoms with Crippen molar-refractivity contribution in [2.75, 3.05) is 57.6 Å².